The van der Waals surface area contributed by atoms with Crippen LogP contribution in [0.15, 0.2) is 48.9 Å². The lowest BCUT2D eigenvalue weighted by Gasteiger charge is -2.11. The molecule has 6 heteroatoms. The Morgan fingerprint density at radius 3 is 3.00 bits per heavy atom. The van der Waals surface area contributed by atoms with Crippen LogP contribution in [0.4, 0.5) is 0 Å². The van der Waals surface area contributed by atoms with E-state index in [1.54, 1.807) is 18.3 Å². The minimum absolute atomic E-state index is 0.426. The van der Waals surface area contributed by atoms with Crippen LogP contribution < -0.4 is 5.32 Å². The van der Waals surface area contributed by atoms with E-state index in [0.717, 1.165) is 16.5 Å². The summed E-state index contributed by atoms with van der Waals surface area (Å²) in [6.07, 6.45) is 4.40. The van der Waals surface area contributed by atoms with Crippen LogP contribution in [0.25, 0.3) is 10.9 Å². The Morgan fingerprint density at radius 2 is 2.22 bits per heavy atom. The van der Waals surface area contributed by atoms with Gasteiger partial charge in [0.2, 0.25) is 0 Å². The molecule has 0 fully saturated rings. The Morgan fingerprint density at radius 1 is 1.35 bits per heavy atom. The summed E-state index contributed by atoms with van der Waals surface area (Å²) < 4.78 is 0. The zero-order valence-electron chi connectivity index (χ0n) is 12.3. The lowest BCUT2D eigenvalue weighted by molar-refractivity contribution is -0.129. The van der Waals surface area contributed by atoms with Crippen molar-refractivity contribution in [2.24, 2.45) is 0 Å². The van der Waals surface area contributed by atoms with Gasteiger partial charge >= 0.3 is 0 Å². The van der Waals surface area contributed by atoms with E-state index >= 15 is 0 Å². The zero-order chi connectivity index (χ0) is 16.2. The number of fused-ring (bicyclic) bond motifs is 1. The molecule has 0 aliphatic rings. The third-order valence-corrected chi connectivity index (χ3v) is 4.01. The maximum Gasteiger partial charge on any atom is 0.253 e. The van der Waals surface area contributed by atoms with E-state index in [1.807, 2.05) is 24.4 Å². The van der Waals surface area contributed by atoms with Crippen LogP contribution in [0.1, 0.15) is 17.2 Å². The smallest absolute Gasteiger partial charge is 0.253 e. The monoisotopic (exact) mass is 329 g/mol. The highest BCUT2D eigenvalue weighted by Crippen LogP contribution is 2.25. The van der Waals surface area contributed by atoms with E-state index in [0.29, 0.717) is 23.6 Å². The highest BCUT2D eigenvalue weighted by Gasteiger charge is 2.17. The summed E-state index contributed by atoms with van der Waals surface area (Å²) in [5, 5.41) is 14.4. The number of aliphatic hydroxyl groups is 1. The molecule has 1 aromatic carbocycles. The molecular formula is C17H16ClN3O2. The number of aromatic amines is 1. The molecule has 3 N–H and O–H groups in total. The third kappa shape index (κ3) is 3.36. The van der Waals surface area contributed by atoms with E-state index in [1.165, 1.54) is 6.20 Å². The van der Waals surface area contributed by atoms with E-state index < -0.39 is 12.0 Å². The standard InChI is InChI=1S/C17H16ClN3O2/c18-14-5-1-4-13-11(10-21-15(13)14)6-8-20-17(23)16(22)12-3-2-7-19-9-12/h1-5,7,9-10,16,21-22H,6,8H2,(H,20,23). The van der Waals surface area contributed by atoms with E-state index in [2.05, 4.69) is 15.3 Å². The fourth-order valence-corrected chi connectivity index (χ4v) is 2.72. The quantitative estimate of drug-likeness (QED) is 0.673. The topological polar surface area (TPSA) is 78.0 Å². The molecule has 1 atom stereocenters. The van der Waals surface area contributed by atoms with Gasteiger partial charge in [0, 0.05) is 36.1 Å². The Hall–Kier alpha value is -2.37. The molecule has 1 unspecified atom stereocenters. The lowest BCUT2D eigenvalue weighted by Crippen LogP contribution is -2.31. The van der Waals surface area contributed by atoms with Crippen molar-refractivity contribution in [3.8, 4) is 0 Å². The van der Waals surface area contributed by atoms with Gasteiger partial charge in [0.05, 0.1) is 10.5 Å². The number of nitrogens with zero attached hydrogens (tertiary/aromatic N) is 1. The van der Waals surface area contributed by atoms with E-state index in [9.17, 15) is 9.90 Å². The number of rotatable bonds is 5. The summed E-state index contributed by atoms with van der Waals surface area (Å²) >= 11 is 6.12. The molecule has 0 aliphatic carbocycles. The SMILES string of the molecule is O=C(NCCc1c[nH]c2c(Cl)cccc12)C(O)c1cccnc1. The molecule has 2 heterocycles. The highest BCUT2D eigenvalue weighted by molar-refractivity contribution is 6.35. The molecular weight excluding hydrogens is 314 g/mol. The molecule has 0 saturated carbocycles. The van der Waals surface area contributed by atoms with Crippen LogP contribution in [-0.2, 0) is 11.2 Å². The van der Waals surface area contributed by atoms with Gasteiger partial charge in [-0.2, -0.15) is 0 Å². The number of amides is 1. The Labute approximate surface area is 138 Å². The minimum Gasteiger partial charge on any atom is -0.378 e. The number of pyridine rings is 1. The molecule has 2 aromatic heterocycles. The average molecular weight is 330 g/mol. The number of hydrogen-bond acceptors (Lipinski definition) is 3. The number of carbonyl (C=O) groups is 1. The Bertz CT molecular complexity index is 817. The van der Waals surface area contributed by atoms with Crippen LogP contribution in [-0.4, -0.2) is 27.5 Å². The maximum absolute atomic E-state index is 12.0. The molecule has 1 amide bonds. The van der Waals surface area contributed by atoms with E-state index in [4.69, 9.17) is 11.6 Å². The molecule has 0 bridgehead atoms. The maximum atomic E-state index is 12.0. The van der Waals surface area contributed by atoms with Crippen molar-refractivity contribution >= 4 is 28.4 Å². The minimum atomic E-state index is -1.21. The fourth-order valence-electron chi connectivity index (χ4n) is 2.49. The predicted octanol–water partition coefficient (Wildman–Crippen LogP) is 2.61. The van der Waals surface area contributed by atoms with Gasteiger partial charge in [-0.15, -0.1) is 0 Å². The zero-order valence-corrected chi connectivity index (χ0v) is 13.0. The summed E-state index contributed by atoms with van der Waals surface area (Å²) in [4.78, 5) is 19.0. The molecule has 0 spiro atoms. The van der Waals surface area contributed by atoms with Gasteiger partial charge in [-0.25, -0.2) is 0 Å². The van der Waals surface area contributed by atoms with Gasteiger partial charge in [-0.05, 0) is 24.1 Å². The molecule has 0 saturated heterocycles. The normalized spacial score (nSPS) is 12.3. The van der Waals surface area contributed by atoms with Crippen LogP contribution in [0, 0.1) is 0 Å². The number of H-pyrrole nitrogens is 1. The van der Waals surface area contributed by atoms with Crippen LogP contribution in [0.2, 0.25) is 5.02 Å². The number of carbonyl (C=O) groups excluding carboxylic acids is 1. The van der Waals surface area contributed by atoms with Crippen LogP contribution in [0.5, 0.6) is 0 Å². The molecule has 3 aromatic rings. The van der Waals surface area contributed by atoms with Crippen molar-refractivity contribution in [3.05, 3.63) is 65.1 Å². The molecule has 3 rings (SSSR count). The third-order valence-electron chi connectivity index (χ3n) is 3.69. The summed E-state index contributed by atoms with van der Waals surface area (Å²) in [7, 11) is 0. The first-order chi connectivity index (χ1) is 11.2. The molecule has 5 nitrogen and oxygen atoms in total. The van der Waals surface area contributed by atoms with Gasteiger partial charge in [0.25, 0.3) is 5.91 Å². The average Bonchev–Trinajstić information content (AvgIpc) is 2.99. The predicted molar refractivity (Wildman–Crippen MR) is 89.2 cm³/mol. The van der Waals surface area contributed by atoms with Gasteiger partial charge in [0.1, 0.15) is 0 Å². The molecule has 0 radical (unpaired) electrons. The van der Waals surface area contributed by atoms with Crippen molar-refractivity contribution in [1.29, 1.82) is 0 Å². The van der Waals surface area contributed by atoms with Crippen molar-refractivity contribution in [2.75, 3.05) is 6.54 Å². The van der Waals surface area contributed by atoms with Gasteiger partial charge < -0.3 is 15.4 Å². The second-order valence-corrected chi connectivity index (χ2v) is 5.61. The van der Waals surface area contributed by atoms with Crippen LogP contribution >= 0.6 is 11.6 Å². The number of para-hydroxylation sites is 1. The molecule has 0 aliphatic heterocycles. The summed E-state index contributed by atoms with van der Waals surface area (Å²) in [5.41, 5.74) is 2.44. The first-order valence-electron chi connectivity index (χ1n) is 7.27. The number of aromatic nitrogens is 2. The second kappa shape index (κ2) is 6.81. The number of hydrogen-bond donors (Lipinski definition) is 3. The Balaban J connectivity index is 1.60. The number of nitrogens with one attached hydrogen (secondary N) is 2. The summed E-state index contributed by atoms with van der Waals surface area (Å²) in [5.74, 6) is -0.434. The van der Waals surface area contributed by atoms with Crippen molar-refractivity contribution in [1.82, 2.24) is 15.3 Å². The van der Waals surface area contributed by atoms with Gasteiger partial charge in [0.15, 0.2) is 6.10 Å². The Kier molecular flexibility index (Phi) is 4.60. The van der Waals surface area contributed by atoms with E-state index in [-0.39, 0.29) is 0 Å². The molecule has 118 valence electrons. The number of halogens is 1. The largest absolute Gasteiger partial charge is 0.378 e. The fraction of sp³-hybridized carbons (Fsp3) is 0.176. The first kappa shape index (κ1) is 15.5. The van der Waals surface area contributed by atoms with Gasteiger partial charge in [-0.1, -0.05) is 29.8 Å². The second-order valence-electron chi connectivity index (χ2n) is 5.21. The highest BCUT2D eigenvalue weighted by atomic mass is 35.5. The lowest BCUT2D eigenvalue weighted by atomic mass is 10.1. The number of aliphatic hydroxyl groups excluding tert-OH is 1. The van der Waals surface area contributed by atoms with Crippen molar-refractivity contribution in [2.45, 2.75) is 12.5 Å². The van der Waals surface area contributed by atoms with Gasteiger partial charge in [-0.3, -0.25) is 9.78 Å². The summed E-state index contributed by atoms with van der Waals surface area (Å²) in [6, 6.07) is 9.06. The number of benzene rings is 1. The molecule has 23 heavy (non-hydrogen) atoms. The van der Waals surface area contributed by atoms with Crippen molar-refractivity contribution < 1.29 is 9.90 Å². The summed E-state index contributed by atoms with van der Waals surface area (Å²) in [6.45, 7) is 0.426. The van der Waals surface area contributed by atoms with Crippen molar-refractivity contribution in [3.63, 3.8) is 0 Å². The van der Waals surface area contributed by atoms with Crippen LogP contribution in [0.3, 0.4) is 0 Å². The first-order valence-corrected chi connectivity index (χ1v) is 7.65.